The zero-order chi connectivity index (χ0) is 13.0. The van der Waals surface area contributed by atoms with Crippen molar-refractivity contribution >= 4 is 11.6 Å². The van der Waals surface area contributed by atoms with E-state index in [1.54, 1.807) is 0 Å². The summed E-state index contributed by atoms with van der Waals surface area (Å²) in [5.41, 5.74) is 2.64. The van der Waals surface area contributed by atoms with Gasteiger partial charge in [0.1, 0.15) is 11.6 Å². The zero-order valence-electron chi connectivity index (χ0n) is 11.1. The van der Waals surface area contributed by atoms with Crippen molar-refractivity contribution in [3.8, 4) is 0 Å². The van der Waals surface area contributed by atoms with Crippen LogP contribution in [-0.2, 0) is 6.54 Å². The summed E-state index contributed by atoms with van der Waals surface area (Å²) < 4.78 is 0. The Kier molecular flexibility index (Phi) is 3.82. The quantitative estimate of drug-likeness (QED) is 0.891. The summed E-state index contributed by atoms with van der Waals surface area (Å²) in [5.74, 6) is 1.87. The molecule has 18 heavy (non-hydrogen) atoms. The number of nitrogens with zero attached hydrogens (tertiary/aromatic N) is 2. The number of anilines is 2. The summed E-state index contributed by atoms with van der Waals surface area (Å²) in [5, 5.41) is 3.06. The molecule has 0 spiro atoms. The second-order valence-corrected chi connectivity index (χ2v) is 4.41. The van der Waals surface area contributed by atoms with Crippen molar-refractivity contribution in [1.29, 1.82) is 0 Å². The van der Waals surface area contributed by atoms with E-state index in [4.69, 9.17) is 0 Å². The highest BCUT2D eigenvalue weighted by Gasteiger charge is 2.05. The Morgan fingerprint density at radius 1 is 1.11 bits per heavy atom. The number of pyridine rings is 1. The minimum Gasteiger partial charge on any atom is -0.373 e. The van der Waals surface area contributed by atoms with E-state index in [-0.39, 0.29) is 0 Å². The van der Waals surface area contributed by atoms with Crippen LogP contribution < -0.4 is 10.2 Å². The molecule has 0 saturated carbocycles. The van der Waals surface area contributed by atoms with Crippen molar-refractivity contribution in [3.63, 3.8) is 0 Å². The third-order valence-electron chi connectivity index (χ3n) is 3.05. The average Bonchev–Trinajstić information content (AvgIpc) is 2.41. The first kappa shape index (κ1) is 12.4. The molecule has 0 saturated heterocycles. The molecule has 3 nitrogen and oxygen atoms in total. The van der Waals surface area contributed by atoms with Crippen LogP contribution in [0.15, 0.2) is 42.5 Å². The van der Waals surface area contributed by atoms with Gasteiger partial charge in [0.15, 0.2) is 0 Å². The molecular formula is C15H19N3. The molecule has 94 valence electrons. The number of nitrogens with one attached hydrogen (secondary N) is 1. The third kappa shape index (κ3) is 2.80. The SMILES string of the molecule is CNc1cccc(N(C)Cc2ccccc2C)n1. The molecule has 0 bridgehead atoms. The Morgan fingerprint density at radius 3 is 2.61 bits per heavy atom. The number of hydrogen-bond acceptors (Lipinski definition) is 3. The number of aromatic nitrogens is 1. The molecule has 0 unspecified atom stereocenters. The van der Waals surface area contributed by atoms with Crippen molar-refractivity contribution in [1.82, 2.24) is 4.98 Å². The maximum Gasteiger partial charge on any atom is 0.130 e. The van der Waals surface area contributed by atoms with Gasteiger partial charge in [-0.15, -0.1) is 0 Å². The molecule has 1 aromatic heterocycles. The van der Waals surface area contributed by atoms with E-state index in [0.717, 1.165) is 18.2 Å². The van der Waals surface area contributed by atoms with Gasteiger partial charge in [-0.3, -0.25) is 0 Å². The second kappa shape index (κ2) is 5.54. The smallest absolute Gasteiger partial charge is 0.130 e. The van der Waals surface area contributed by atoms with Crippen LogP contribution in [0.1, 0.15) is 11.1 Å². The molecule has 0 aliphatic heterocycles. The summed E-state index contributed by atoms with van der Waals surface area (Å²) >= 11 is 0. The fourth-order valence-corrected chi connectivity index (χ4v) is 1.90. The Morgan fingerprint density at radius 2 is 1.89 bits per heavy atom. The fourth-order valence-electron chi connectivity index (χ4n) is 1.90. The van der Waals surface area contributed by atoms with Gasteiger partial charge in [-0.2, -0.15) is 0 Å². The topological polar surface area (TPSA) is 28.2 Å². The summed E-state index contributed by atoms with van der Waals surface area (Å²) in [7, 11) is 3.95. The summed E-state index contributed by atoms with van der Waals surface area (Å²) in [6.45, 7) is 3.01. The summed E-state index contributed by atoms with van der Waals surface area (Å²) in [6, 6.07) is 14.5. The Hall–Kier alpha value is -2.03. The lowest BCUT2D eigenvalue weighted by molar-refractivity contribution is 0.891. The summed E-state index contributed by atoms with van der Waals surface area (Å²) in [6.07, 6.45) is 0. The molecule has 0 fully saturated rings. The van der Waals surface area contributed by atoms with Crippen LogP contribution in [0.2, 0.25) is 0 Å². The Labute approximate surface area is 108 Å². The maximum atomic E-state index is 4.53. The van der Waals surface area contributed by atoms with Crippen molar-refractivity contribution in [2.24, 2.45) is 0 Å². The average molecular weight is 241 g/mol. The van der Waals surface area contributed by atoms with Gasteiger partial charge in [0.05, 0.1) is 0 Å². The van der Waals surface area contributed by atoms with Crippen molar-refractivity contribution < 1.29 is 0 Å². The first-order chi connectivity index (χ1) is 8.70. The first-order valence-corrected chi connectivity index (χ1v) is 6.11. The molecule has 2 aromatic rings. The zero-order valence-corrected chi connectivity index (χ0v) is 11.1. The van der Waals surface area contributed by atoms with Gasteiger partial charge in [-0.1, -0.05) is 30.3 Å². The van der Waals surface area contributed by atoms with Gasteiger partial charge >= 0.3 is 0 Å². The van der Waals surface area contributed by atoms with E-state index in [0.29, 0.717) is 0 Å². The van der Waals surface area contributed by atoms with E-state index < -0.39 is 0 Å². The standard InChI is InChI=1S/C15H19N3/c1-12-7-4-5-8-13(12)11-18(3)15-10-6-9-14(16-2)17-15/h4-10H,11H2,1-3H3,(H,16,17). The van der Waals surface area contributed by atoms with Gasteiger partial charge in [0, 0.05) is 20.6 Å². The Bertz CT molecular complexity index is 523. The fraction of sp³-hybridized carbons (Fsp3) is 0.267. The van der Waals surface area contributed by atoms with Crippen LogP contribution in [0.25, 0.3) is 0 Å². The molecule has 1 heterocycles. The summed E-state index contributed by atoms with van der Waals surface area (Å²) in [4.78, 5) is 6.69. The molecule has 1 aromatic carbocycles. The predicted octanol–water partition coefficient (Wildman–Crippen LogP) is 3.07. The Balaban J connectivity index is 2.16. The number of rotatable bonds is 4. The van der Waals surface area contributed by atoms with Crippen LogP contribution in [0.5, 0.6) is 0 Å². The van der Waals surface area contributed by atoms with Crippen LogP contribution in [0.4, 0.5) is 11.6 Å². The van der Waals surface area contributed by atoms with Crippen LogP contribution >= 0.6 is 0 Å². The second-order valence-electron chi connectivity index (χ2n) is 4.41. The number of benzene rings is 1. The molecule has 2 rings (SSSR count). The van der Waals surface area contributed by atoms with Gasteiger partial charge in [-0.05, 0) is 30.2 Å². The lowest BCUT2D eigenvalue weighted by Gasteiger charge is -2.20. The van der Waals surface area contributed by atoms with E-state index in [1.807, 2.05) is 25.2 Å². The van der Waals surface area contributed by atoms with Gasteiger partial charge in [0.2, 0.25) is 0 Å². The van der Waals surface area contributed by atoms with Gasteiger partial charge < -0.3 is 10.2 Å². The highest BCUT2D eigenvalue weighted by Crippen LogP contribution is 2.16. The third-order valence-corrected chi connectivity index (χ3v) is 3.05. The number of aryl methyl sites for hydroxylation is 1. The van der Waals surface area contributed by atoms with Gasteiger partial charge in [-0.25, -0.2) is 4.98 Å². The van der Waals surface area contributed by atoms with E-state index in [9.17, 15) is 0 Å². The largest absolute Gasteiger partial charge is 0.373 e. The van der Waals surface area contributed by atoms with Crippen molar-refractivity contribution in [2.75, 3.05) is 24.3 Å². The van der Waals surface area contributed by atoms with E-state index >= 15 is 0 Å². The normalized spacial score (nSPS) is 10.2. The maximum absolute atomic E-state index is 4.53. The van der Waals surface area contributed by atoms with Crippen LogP contribution in [0.3, 0.4) is 0 Å². The highest BCUT2D eigenvalue weighted by molar-refractivity contribution is 5.47. The molecule has 0 amide bonds. The first-order valence-electron chi connectivity index (χ1n) is 6.11. The predicted molar refractivity (Wildman–Crippen MR) is 77.1 cm³/mol. The van der Waals surface area contributed by atoms with Crippen LogP contribution in [-0.4, -0.2) is 19.1 Å². The van der Waals surface area contributed by atoms with Gasteiger partial charge in [0.25, 0.3) is 0 Å². The van der Waals surface area contributed by atoms with E-state index in [1.165, 1.54) is 11.1 Å². The van der Waals surface area contributed by atoms with E-state index in [2.05, 4.69) is 53.4 Å². The molecule has 0 atom stereocenters. The molecule has 1 N–H and O–H groups in total. The minimum absolute atomic E-state index is 0.868. The lowest BCUT2D eigenvalue weighted by Crippen LogP contribution is -2.18. The molecule has 3 heteroatoms. The molecular weight excluding hydrogens is 222 g/mol. The van der Waals surface area contributed by atoms with Crippen LogP contribution in [0, 0.1) is 6.92 Å². The monoisotopic (exact) mass is 241 g/mol. The number of hydrogen-bond donors (Lipinski definition) is 1. The minimum atomic E-state index is 0.868. The van der Waals surface area contributed by atoms with Crippen molar-refractivity contribution in [2.45, 2.75) is 13.5 Å². The highest BCUT2D eigenvalue weighted by atomic mass is 15.2. The molecule has 0 aliphatic carbocycles. The lowest BCUT2D eigenvalue weighted by atomic mass is 10.1. The van der Waals surface area contributed by atoms with Crippen molar-refractivity contribution in [3.05, 3.63) is 53.6 Å². The molecule has 0 aliphatic rings. The molecule has 0 radical (unpaired) electrons.